The van der Waals surface area contributed by atoms with Crippen LogP contribution in [0.5, 0.6) is 0 Å². The molecule has 106 valence electrons. The molecule has 10 heteroatoms. The largest absolute Gasteiger partial charge is 0.480 e. The topological polar surface area (TPSA) is 155 Å². The van der Waals surface area contributed by atoms with Crippen LogP contribution in [-0.2, 0) is 19.6 Å². The normalized spacial score (nSPS) is 13.1. The molecular weight excluding hydrogens is 276 g/mol. The van der Waals surface area contributed by atoms with Crippen LogP contribution in [0.2, 0.25) is 0 Å². The second-order valence-electron chi connectivity index (χ2n) is 3.85. The minimum atomic E-state index is -4.03. The van der Waals surface area contributed by atoms with Crippen LogP contribution in [0.25, 0.3) is 0 Å². The number of primary amides is 1. The zero-order valence-corrected chi connectivity index (χ0v) is 10.9. The molecule has 0 unspecified atom stereocenters. The molecular formula is C9H14N4O5S. The standard InChI is InChI=1S/C9H14N4O5S/c1-5-11-4-8(12-5)19(17,18)13-6(9(15)16)2-3-7(10)14/h4,6,13H,2-3H2,1H3,(H2,10,14)(H,11,12)(H,15,16)/t6-/m0/s1. The third kappa shape index (κ3) is 4.34. The van der Waals surface area contributed by atoms with Gasteiger partial charge in [0.2, 0.25) is 5.91 Å². The van der Waals surface area contributed by atoms with Crippen molar-refractivity contribution >= 4 is 21.9 Å². The van der Waals surface area contributed by atoms with Crippen molar-refractivity contribution in [1.82, 2.24) is 14.7 Å². The van der Waals surface area contributed by atoms with E-state index in [0.717, 1.165) is 6.20 Å². The van der Waals surface area contributed by atoms with Crippen molar-refractivity contribution in [2.24, 2.45) is 5.73 Å². The van der Waals surface area contributed by atoms with Crippen molar-refractivity contribution in [2.45, 2.75) is 30.8 Å². The van der Waals surface area contributed by atoms with Crippen molar-refractivity contribution in [1.29, 1.82) is 0 Å². The molecule has 9 nitrogen and oxygen atoms in total. The number of nitrogens with zero attached hydrogens (tertiary/aromatic N) is 1. The highest BCUT2D eigenvalue weighted by Crippen LogP contribution is 2.08. The summed E-state index contributed by atoms with van der Waals surface area (Å²) in [5.74, 6) is -1.71. The number of imidazole rings is 1. The minimum absolute atomic E-state index is 0.225. The third-order valence-corrected chi connectivity index (χ3v) is 3.63. The molecule has 0 aliphatic carbocycles. The Morgan fingerprint density at radius 3 is 2.63 bits per heavy atom. The number of carbonyl (C=O) groups is 2. The van der Waals surface area contributed by atoms with Gasteiger partial charge in [0.1, 0.15) is 11.9 Å². The van der Waals surface area contributed by atoms with Crippen LogP contribution in [0.1, 0.15) is 18.7 Å². The van der Waals surface area contributed by atoms with Gasteiger partial charge in [-0.3, -0.25) is 9.59 Å². The summed E-state index contributed by atoms with van der Waals surface area (Å²) in [7, 11) is -4.03. The lowest BCUT2D eigenvalue weighted by Crippen LogP contribution is -2.41. The summed E-state index contributed by atoms with van der Waals surface area (Å²) < 4.78 is 25.7. The molecule has 1 rings (SSSR count). The second kappa shape index (κ2) is 5.80. The highest BCUT2D eigenvalue weighted by Gasteiger charge is 2.26. The Morgan fingerprint density at radius 2 is 2.21 bits per heavy atom. The number of aromatic amines is 1. The van der Waals surface area contributed by atoms with E-state index >= 15 is 0 Å². The summed E-state index contributed by atoms with van der Waals surface area (Å²) in [6, 6.07) is -1.43. The van der Waals surface area contributed by atoms with Gasteiger partial charge in [-0.1, -0.05) is 0 Å². The molecule has 19 heavy (non-hydrogen) atoms. The van der Waals surface area contributed by atoms with E-state index in [1.165, 1.54) is 0 Å². The Balaban J connectivity index is 2.84. The highest BCUT2D eigenvalue weighted by atomic mass is 32.2. The molecule has 0 aliphatic rings. The van der Waals surface area contributed by atoms with E-state index in [0.29, 0.717) is 5.82 Å². The Morgan fingerprint density at radius 1 is 1.58 bits per heavy atom. The summed E-state index contributed by atoms with van der Waals surface area (Å²) in [5, 5.41) is 8.66. The maximum Gasteiger partial charge on any atom is 0.321 e. The molecule has 1 amide bonds. The lowest BCUT2D eigenvalue weighted by Gasteiger charge is -2.12. The number of carboxylic acids is 1. The van der Waals surface area contributed by atoms with Gasteiger partial charge in [-0.2, -0.15) is 4.72 Å². The molecule has 1 aromatic rings. The van der Waals surface area contributed by atoms with Crippen LogP contribution in [0.15, 0.2) is 11.2 Å². The number of rotatable bonds is 7. The van der Waals surface area contributed by atoms with Crippen LogP contribution in [0.4, 0.5) is 0 Å². The van der Waals surface area contributed by atoms with Gasteiger partial charge in [0.25, 0.3) is 10.0 Å². The summed E-state index contributed by atoms with van der Waals surface area (Å²) in [5.41, 5.74) is 4.89. The number of hydrogen-bond acceptors (Lipinski definition) is 5. The van der Waals surface area contributed by atoms with E-state index in [1.54, 1.807) is 6.92 Å². The summed E-state index contributed by atoms with van der Waals surface area (Å²) in [6.07, 6.45) is 0.614. The monoisotopic (exact) mass is 290 g/mol. The van der Waals surface area contributed by atoms with Gasteiger partial charge in [-0.15, -0.1) is 0 Å². The van der Waals surface area contributed by atoms with Crippen LogP contribution >= 0.6 is 0 Å². The molecule has 1 heterocycles. The van der Waals surface area contributed by atoms with Crippen LogP contribution in [0.3, 0.4) is 0 Å². The number of sulfonamides is 1. The molecule has 0 bridgehead atoms. The fourth-order valence-corrected chi connectivity index (χ4v) is 2.50. The number of nitrogens with one attached hydrogen (secondary N) is 2. The van der Waals surface area contributed by atoms with E-state index in [2.05, 4.69) is 9.97 Å². The Labute approximate surface area is 109 Å². The van der Waals surface area contributed by atoms with E-state index in [1.807, 2.05) is 4.72 Å². The molecule has 0 aromatic carbocycles. The van der Waals surface area contributed by atoms with Gasteiger partial charge >= 0.3 is 5.97 Å². The third-order valence-electron chi connectivity index (χ3n) is 2.24. The van der Waals surface area contributed by atoms with E-state index in [9.17, 15) is 18.0 Å². The van der Waals surface area contributed by atoms with E-state index in [-0.39, 0.29) is 17.9 Å². The first kappa shape index (κ1) is 15.1. The summed E-state index contributed by atoms with van der Waals surface area (Å²) in [4.78, 5) is 27.7. The average Bonchev–Trinajstić information content (AvgIpc) is 2.71. The molecule has 5 N–H and O–H groups in total. The molecule has 0 saturated carbocycles. The first-order valence-electron chi connectivity index (χ1n) is 5.27. The zero-order chi connectivity index (χ0) is 14.6. The fraction of sp³-hybridized carbons (Fsp3) is 0.444. The van der Waals surface area contributed by atoms with Crippen molar-refractivity contribution < 1.29 is 23.1 Å². The molecule has 0 saturated heterocycles. The number of aliphatic carboxylic acids is 1. The molecule has 0 fully saturated rings. The molecule has 1 aromatic heterocycles. The van der Waals surface area contributed by atoms with Gasteiger partial charge in [0.15, 0.2) is 5.03 Å². The number of carbonyl (C=O) groups excluding carboxylic acids is 1. The van der Waals surface area contributed by atoms with E-state index in [4.69, 9.17) is 10.8 Å². The number of hydrogen-bond donors (Lipinski definition) is 4. The first-order chi connectivity index (χ1) is 8.72. The molecule has 0 aliphatic heterocycles. The van der Waals surface area contributed by atoms with Gasteiger partial charge < -0.3 is 15.8 Å². The smallest absolute Gasteiger partial charge is 0.321 e. The average molecular weight is 290 g/mol. The molecule has 1 atom stereocenters. The molecule has 0 radical (unpaired) electrons. The maximum absolute atomic E-state index is 11.8. The van der Waals surface area contributed by atoms with Gasteiger partial charge in [0, 0.05) is 6.42 Å². The van der Waals surface area contributed by atoms with Crippen LogP contribution in [-0.4, -0.2) is 41.4 Å². The Kier molecular flexibility index (Phi) is 4.62. The van der Waals surface area contributed by atoms with Gasteiger partial charge in [-0.05, 0) is 13.3 Å². The summed E-state index contributed by atoms with van der Waals surface area (Å²) in [6.45, 7) is 1.56. The minimum Gasteiger partial charge on any atom is -0.480 e. The quantitative estimate of drug-likeness (QED) is 0.490. The maximum atomic E-state index is 11.8. The number of H-pyrrole nitrogens is 1. The van der Waals surface area contributed by atoms with Gasteiger partial charge in [-0.25, -0.2) is 13.4 Å². The molecule has 0 spiro atoms. The zero-order valence-electron chi connectivity index (χ0n) is 10.1. The van der Waals surface area contributed by atoms with Crippen LogP contribution in [0, 0.1) is 6.92 Å². The second-order valence-corrected chi connectivity index (χ2v) is 5.53. The number of aryl methyl sites for hydroxylation is 1. The lowest BCUT2D eigenvalue weighted by atomic mass is 10.2. The van der Waals surface area contributed by atoms with Gasteiger partial charge in [0.05, 0.1) is 6.20 Å². The lowest BCUT2D eigenvalue weighted by molar-refractivity contribution is -0.139. The number of carboxylic acid groups (broad SMARTS) is 1. The van der Waals surface area contributed by atoms with Crippen molar-refractivity contribution in [3.63, 3.8) is 0 Å². The predicted molar refractivity (Wildman–Crippen MR) is 63.5 cm³/mol. The predicted octanol–water partition coefficient (Wildman–Crippen LogP) is -1.28. The van der Waals surface area contributed by atoms with Crippen LogP contribution < -0.4 is 10.5 Å². The van der Waals surface area contributed by atoms with Crippen molar-refractivity contribution in [2.75, 3.05) is 0 Å². The Hall–Kier alpha value is -1.94. The Bertz CT molecular complexity index is 579. The summed E-state index contributed by atoms with van der Waals surface area (Å²) >= 11 is 0. The van der Waals surface area contributed by atoms with E-state index < -0.39 is 27.9 Å². The number of nitrogens with two attached hydrogens (primary N) is 1. The first-order valence-corrected chi connectivity index (χ1v) is 6.75. The highest BCUT2D eigenvalue weighted by molar-refractivity contribution is 7.89. The SMILES string of the molecule is Cc1ncc(S(=O)(=O)N[C@@H](CCC(N)=O)C(=O)O)[nH]1. The number of aromatic nitrogens is 2. The number of amides is 1. The van der Waals surface area contributed by atoms with Crippen molar-refractivity contribution in [3.8, 4) is 0 Å². The fourth-order valence-electron chi connectivity index (χ4n) is 1.31. The van der Waals surface area contributed by atoms with Crippen molar-refractivity contribution in [3.05, 3.63) is 12.0 Å².